The van der Waals surface area contributed by atoms with Gasteiger partial charge in [0.2, 0.25) is 12.6 Å². The summed E-state index contributed by atoms with van der Waals surface area (Å²) in [5.74, 6) is -0.192. The summed E-state index contributed by atoms with van der Waals surface area (Å²) in [5.41, 5.74) is -1.76. The molecule has 4 aliphatic heterocycles. The molecule has 112 valence electrons. The second kappa shape index (κ2) is 4.00. The molecular formula is C13H18O7. The number of rotatable bonds is 1. The van der Waals surface area contributed by atoms with Crippen LogP contribution in [-0.4, -0.2) is 50.1 Å². The first-order valence-electron chi connectivity index (χ1n) is 6.86. The second-order valence-electron chi connectivity index (χ2n) is 6.17. The molecule has 2 unspecified atom stereocenters. The Bertz CT molecular complexity index is 454. The highest BCUT2D eigenvalue weighted by molar-refractivity contribution is 5.89. The first-order chi connectivity index (χ1) is 9.52. The van der Waals surface area contributed by atoms with Crippen molar-refractivity contribution in [2.75, 3.05) is 13.7 Å². The van der Waals surface area contributed by atoms with Gasteiger partial charge in [0.25, 0.3) is 0 Å². The fourth-order valence-electron chi connectivity index (χ4n) is 3.83. The molecule has 7 nitrogen and oxygen atoms in total. The summed E-state index contributed by atoms with van der Waals surface area (Å²) >= 11 is 0. The monoisotopic (exact) mass is 286 g/mol. The third-order valence-electron chi connectivity index (χ3n) is 5.20. The zero-order chi connectivity index (χ0) is 14.1. The summed E-state index contributed by atoms with van der Waals surface area (Å²) in [6, 6.07) is 0. The molecule has 1 spiro atoms. The number of carbonyl (C=O) groups is 1. The second-order valence-corrected chi connectivity index (χ2v) is 6.17. The maximum atomic E-state index is 12.9. The zero-order valence-corrected chi connectivity index (χ0v) is 11.7. The fourth-order valence-corrected chi connectivity index (χ4v) is 3.83. The molecule has 4 rings (SSSR count). The minimum Gasteiger partial charge on any atom is -0.357 e. The highest BCUT2D eigenvalue weighted by atomic mass is 17.3. The van der Waals surface area contributed by atoms with E-state index in [1.165, 1.54) is 0 Å². The Morgan fingerprint density at radius 1 is 1.35 bits per heavy atom. The molecule has 4 bridgehead atoms. The molecular weight excluding hydrogens is 268 g/mol. The number of fused-ring (bicyclic) bond motifs is 4. The van der Waals surface area contributed by atoms with Crippen LogP contribution in [0.15, 0.2) is 0 Å². The number of methoxy groups -OCH3 is 1. The molecule has 20 heavy (non-hydrogen) atoms. The number of hydrogen-bond acceptors (Lipinski definition) is 7. The summed E-state index contributed by atoms with van der Waals surface area (Å²) < 4.78 is 22.9. The van der Waals surface area contributed by atoms with Crippen molar-refractivity contribution in [3.05, 3.63) is 0 Å². The summed E-state index contributed by atoms with van der Waals surface area (Å²) in [4.78, 5) is 23.3. The highest BCUT2D eigenvalue weighted by Gasteiger charge is 2.73. The van der Waals surface area contributed by atoms with Crippen LogP contribution in [0.5, 0.6) is 0 Å². The molecule has 4 saturated heterocycles. The average Bonchev–Trinajstić information content (AvgIpc) is 2.89. The van der Waals surface area contributed by atoms with E-state index in [4.69, 9.17) is 28.7 Å². The van der Waals surface area contributed by atoms with Gasteiger partial charge < -0.3 is 18.9 Å². The van der Waals surface area contributed by atoms with Gasteiger partial charge in [0.1, 0.15) is 11.9 Å². The van der Waals surface area contributed by atoms with Gasteiger partial charge in [0.05, 0.1) is 12.0 Å². The van der Waals surface area contributed by atoms with Gasteiger partial charge in [0, 0.05) is 19.4 Å². The molecule has 4 fully saturated rings. The van der Waals surface area contributed by atoms with Crippen molar-refractivity contribution in [2.24, 2.45) is 11.3 Å². The molecule has 0 radical (unpaired) electrons. The minimum atomic E-state index is -0.969. The van der Waals surface area contributed by atoms with Crippen LogP contribution in [0.1, 0.15) is 20.3 Å². The van der Waals surface area contributed by atoms with Crippen LogP contribution < -0.4 is 0 Å². The maximum absolute atomic E-state index is 12.9. The smallest absolute Gasteiger partial charge is 0.226 e. The van der Waals surface area contributed by atoms with E-state index in [2.05, 4.69) is 0 Å². The molecule has 0 N–H and O–H groups in total. The van der Waals surface area contributed by atoms with E-state index in [1.807, 2.05) is 13.8 Å². The number of ketones is 1. The molecule has 0 aromatic heterocycles. The average molecular weight is 286 g/mol. The van der Waals surface area contributed by atoms with Gasteiger partial charge in [-0.2, -0.15) is 9.78 Å². The third kappa shape index (κ3) is 1.33. The van der Waals surface area contributed by atoms with E-state index < -0.39 is 36.0 Å². The molecule has 4 aliphatic rings. The predicted octanol–water partition coefficient (Wildman–Crippen LogP) is 0.372. The third-order valence-corrected chi connectivity index (χ3v) is 5.20. The van der Waals surface area contributed by atoms with Crippen LogP contribution in [0.2, 0.25) is 0 Å². The van der Waals surface area contributed by atoms with Gasteiger partial charge in [0.15, 0.2) is 11.9 Å². The van der Waals surface area contributed by atoms with Crippen molar-refractivity contribution >= 4 is 5.78 Å². The minimum absolute atomic E-state index is 0.131. The first-order valence-corrected chi connectivity index (χ1v) is 6.86. The van der Waals surface area contributed by atoms with E-state index in [1.54, 1.807) is 7.11 Å². The number of hydrogen-bond donors (Lipinski definition) is 0. The normalized spacial score (nSPS) is 57.5. The first kappa shape index (κ1) is 13.1. The van der Waals surface area contributed by atoms with E-state index >= 15 is 0 Å². The van der Waals surface area contributed by atoms with Crippen LogP contribution >= 0.6 is 0 Å². The van der Waals surface area contributed by atoms with Crippen LogP contribution in [0.4, 0.5) is 0 Å². The topological polar surface area (TPSA) is 72.5 Å². The summed E-state index contributed by atoms with van der Waals surface area (Å²) in [6.45, 7) is 3.89. The lowest BCUT2D eigenvalue weighted by Gasteiger charge is -2.59. The lowest BCUT2D eigenvalue weighted by Crippen LogP contribution is -2.75. The van der Waals surface area contributed by atoms with Gasteiger partial charge in [-0.15, -0.1) is 0 Å². The van der Waals surface area contributed by atoms with Crippen molar-refractivity contribution in [2.45, 2.75) is 50.8 Å². The molecule has 0 aliphatic carbocycles. The Kier molecular flexibility index (Phi) is 2.62. The van der Waals surface area contributed by atoms with Crippen LogP contribution in [0.3, 0.4) is 0 Å². The molecule has 7 atom stereocenters. The van der Waals surface area contributed by atoms with Crippen LogP contribution in [0, 0.1) is 11.3 Å². The Labute approximate surface area is 116 Å². The van der Waals surface area contributed by atoms with Crippen molar-refractivity contribution in [1.29, 1.82) is 0 Å². The summed E-state index contributed by atoms with van der Waals surface area (Å²) in [6.07, 6.45) is -1.87. The number of carbonyl (C=O) groups excluding carboxylic acids is 1. The lowest BCUT2D eigenvalue weighted by atomic mass is 9.60. The Morgan fingerprint density at radius 3 is 2.90 bits per heavy atom. The van der Waals surface area contributed by atoms with Crippen molar-refractivity contribution in [1.82, 2.24) is 0 Å². The Morgan fingerprint density at radius 2 is 2.15 bits per heavy atom. The van der Waals surface area contributed by atoms with Gasteiger partial charge in [-0.05, 0) is 6.92 Å². The van der Waals surface area contributed by atoms with Gasteiger partial charge in [-0.1, -0.05) is 6.92 Å². The molecule has 0 aromatic carbocycles. The van der Waals surface area contributed by atoms with Gasteiger partial charge >= 0.3 is 0 Å². The van der Waals surface area contributed by atoms with Crippen molar-refractivity contribution in [3.8, 4) is 0 Å². The number of ether oxygens (including phenoxy) is 4. The zero-order valence-electron chi connectivity index (χ0n) is 11.7. The van der Waals surface area contributed by atoms with Crippen LogP contribution in [-0.2, 0) is 33.5 Å². The van der Waals surface area contributed by atoms with Gasteiger partial charge in [-0.25, -0.2) is 0 Å². The predicted molar refractivity (Wildman–Crippen MR) is 62.1 cm³/mol. The summed E-state index contributed by atoms with van der Waals surface area (Å²) in [7, 11) is 1.56. The van der Waals surface area contributed by atoms with Gasteiger partial charge in [-0.3, -0.25) is 4.79 Å². The van der Waals surface area contributed by atoms with Crippen molar-refractivity contribution < 1.29 is 33.5 Å². The molecule has 7 heteroatoms. The quantitative estimate of drug-likeness (QED) is 0.645. The van der Waals surface area contributed by atoms with Crippen molar-refractivity contribution in [3.63, 3.8) is 0 Å². The SMILES string of the molecule is CO[C@H]1C[C@]2(C)C(=O)[C@@H](C)[C@@H]3O[C@@]2(CO1)C1OOC3O1. The molecule has 0 amide bonds. The lowest BCUT2D eigenvalue weighted by molar-refractivity contribution is -0.376. The molecule has 0 aromatic rings. The highest BCUT2D eigenvalue weighted by Crippen LogP contribution is 2.57. The fraction of sp³-hybridized carbons (Fsp3) is 0.923. The van der Waals surface area contributed by atoms with E-state index in [9.17, 15) is 4.79 Å². The molecule has 4 heterocycles. The number of Topliss-reactive ketones (excluding diaryl/α,β-unsaturated/α-hetero) is 1. The standard InChI is InChI=1S/C13H18O7/c1-6-8-10-17-11(20-19-10)13(18-8)5-16-7(15-3)4-12(13,2)9(6)14/h6-8,10-11H,4-5H2,1-3H3/t6-,7+,8-,10?,11?,12+,13-/m0/s1. The summed E-state index contributed by atoms with van der Waals surface area (Å²) in [5, 5.41) is 0. The van der Waals surface area contributed by atoms with E-state index in [-0.39, 0.29) is 18.3 Å². The van der Waals surface area contributed by atoms with Crippen LogP contribution in [0.25, 0.3) is 0 Å². The Balaban J connectivity index is 1.81. The Hall–Kier alpha value is -0.570. The van der Waals surface area contributed by atoms with E-state index in [0.717, 1.165) is 0 Å². The van der Waals surface area contributed by atoms with E-state index in [0.29, 0.717) is 6.42 Å². The maximum Gasteiger partial charge on any atom is 0.226 e. The molecule has 0 saturated carbocycles. The largest absolute Gasteiger partial charge is 0.357 e.